The van der Waals surface area contributed by atoms with Gasteiger partial charge in [0.2, 0.25) is 0 Å². The molecular formula is C15H21NO3. The predicted octanol–water partition coefficient (Wildman–Crippen LogP) is 1.52. The summed E-state index contributed by atoms with van der Waals surface area (Å²) in [5.41, 5.74) is 2.03. The summed E-state index contributed by atoms with van der Waals surface area (Å²) < 4.78 is 0. The summed E-state index contributed by atoms with van der Waals surface area (Å²) in [6, 6.07) is 7.74. The highest BCUT2D eigenvalue weighted by atomic mass is 16.4. The molecule has 19 heavy (non-hydrogen) atoms. The van der Waals surface area contributed by atoms with Crippen LogP contribution in [0.25, 0.3) is 0 Å². The van der Waals surface area contributed by atoms with Crippen LogP contribution in [0.5, 0.6) is 0 Å². The van der Waals surface area contributed by atoms with Gasteiger partial charge in [-0.25, -0.2) is 0 Å². The van der Waals surface area contributed by atoms with Gasteiger partial charge in [-0.1, -0.05) is 24.3 Å². The Morgan fingerprint density at radius 3 is 2.37 bits per heavy atom. The summed E-state index contributed by atoms with van der Waals surface area (Å²) >= 11 is 0. The Bertz CT molecular complexity index is 424. The van der Waals surface area contributed by atoms with Crippen molar-refractivity contribution in [3.63, 3.8) is 0 Å². The van der Waals surface area contributed by atoms with E-state index in [1.165, 1.54) is 5.56 Å². The Balaban J connectivity index is 1.80. The topological polar surface area (TPSA) is 60.8 Å². The third-order valence-electron chi connectivity index (χ3n) is 3.61. The van der Waals surface area contributed by atoms with E-state index >= 15 is 0 Å². The van der Waals surface area contributed by atoms with Crippen molar-refractivity contribution >= 4 is 5.97 Å². The molecule has 0 amide bonds. The molecule has 0 aliphatic heterocycles. The maximum Gasteiger partial charge on any atom is 0.307 e. The lowest BCUT2D eigenvalue weighted by Gasteiger charge is -2.34. The number of carboxylic acids is 1. The highest BCUT2D eigenvalue weighted by Gasteiger charge is 2.27. The SMILES string of the molecule is CN(Cc1ccc(CC(=O)O)cc1)CC1CC(O)C1. The second-order valence-corrected chi connectivity index (χ2v) is 5.58. The Morgan fingerprint density at radius 2 is 1.84 bits per heavy atom. The van der Waals surface area contributed by atoms with Crippen LogP contribution in [-0.2, 0) is 17.8 Å². The zero-order valence-electron chi connectivity index (χ0n) is 11.2. The summed E-state index contributed by atoms with van der Waals surface area (Å²) in [5, 5.41) is 18.0. The van der Waals surface area contributed by atoms with Gasteiger partial charge in [-0.05, 0) is 36.9 Å². The van der Waals surface area contributed by atoms with Crippen molar-refractivity contribution in [2.75, 3.05) is 13.6 Å². The number of carboxylic acid groups (broad SMARTS) is 1. The standard InChI is InChI=1S/C15H21NO3/c1-16(10-13-6-14(17)7-13)9-12-4-2-11(3-5-12)8-15(18)19/h2-5,13-14,17H,6-10H2,1H3,(H,18,19). The van der Waals surface area contributed by atoms with Crippen LogP contribution in [0.3, 0.4) is 0 Å². The number of benzene rings is 1. The third-order valence-corrected chi connectivity index (χ3v) is 3.61. The molecule has 1 aromatic rings. The second kappa shape index (κ2) is 6.17. The molecule has 1 aliphatic rings. The Hall–Kier alpha value is -1.39. The van der Waals surface area contributed by atoms with E-state index in [1.54, 1.807) is 0 Å². The fourth-order valence-corrected chi connectivity index (χ4v) is 2.60. The fourth-order valence-electron chi connectivity index (χ4n) is 2.60. The number of aliphatic hydroxyl groups is 1. The Morgan fingerprint density at radius 1 is 1.26 bits per heavy atom. The van der Waals surface area contributed by atoms with Gasteiger partial charge in [0.1, 0.15) is 0 Å². The lowest BCUT2D eigenvalue weighted by molar-refractivity contribution is -0.136. The molecule has 1 saturated carbocycles. The van der Waals surface area contributed by atoms with Crippen LogP contribution in [-0.4, -0.2) is 40.8 Å². The molecule has 2 N–H and O–H groups in total. The molecule has 104 valence electrons. The van der Waals surface area contributed by atoms with Crippen LogP contribution < -0.4 is 0 Å². The van der Waals surface area contributed by atoms with Crippen LogP contribution >= 0.6 is 0 Å². The van der Waals surface area contributed by atoms with Gasteiger partial charge in [-0.3, -0.25) is 4.79 Å². The van der Waals surface area contributed by atoms with E-state index in [2.05, 4.69) is 11.9 Å². The molecule has 0 aromatic heterocycles. The summed E-state index contributed by atoms with van der Waals surface area (Å²) in [6.45, 7) is 1.87. The van der Waals surface area contributed by atoms with Crippen molar-refractivity contribution in [3.05, 3.63) is 35.4 Å². The molecule has 1 fully saturated rings. The zero-order valence-corrected chi connectivity index (χ0v) is 11.2. The number of nitrogens with zero attached hydrogens (tertiary/aromatic N) is 1. The van der Waals surface area contributed by atoms with Crippen LogP contribution in [0.2, 0.25) is 0 Å². The van der Waals surface area contributed by atoms with Crippen LogP contribution in [0.1, 0.15) is 24.0 Å². The maximum absolute atomic E-state index is 10.6. The first-order valence-corrected chi connectivity index (χ1v) is 6.69. The molecular weight excluding hydrogens is 242 g/mol. The van der Waals surface area contributed by atoms with Crippen molar-refractivity contribution in [1.82, 2.24) is 4.90 Å². The average molecular weight is 263 g/mol. The van der Waals surface area contributed by atoms with Gasteiger partial charge in [-0.2, -0.15) is 0 Å². The maximum atomic E-state index is 10.6. The Labute approximate surface area is 113 Å². The fraction of sp³-hybridized carbons (Fsp3) is 0.533. The molecule has 0 heterocycles. The first kappa shape index (κ1) is 14.0. The summed E-state index contributed by atoms with van der Waals surface area (Å²) in [6.07, 6.45) is 1.83. The number of aliphatic carboxylic acids is 1. The van der Waals surface area contributed by atoms with Gasteiger partial charge in [0.15, 0.2) is 0 Å². The van der Waals surface area contributed by atoms with E-state index in [1.807, 2.05) is 24.3 Å². The van der Waals surface area contributed by atoms with Crippen molar-refractivity contribution in [2.24, 2.45) is 5.92 Å². The number of hydrogen-bond acceptors (Lipinski definition) is 3. The highest BCUT2D eigenvalue weighted by Crippen LogP contribution is 2.27. The number of rotatable bonds is 6. The van der Waals surface area contributed by atoms with E-state index in [9.17, 15) is 9.90 Å². The zero-order chi connectivity index (χ0) is 13.8. The molecule has 0 radical (unpaired) electrons. The lowest BCUT2D eigenvalue weighted by Crippen LogP contribution is -2.36. The van der Waals surface area contributed by atoms with Crippen LogP contribution in [0.4, 0.5) is 0 Å². The minimum atomic E-state index is -0.798. The normalized spacial score (nSPS) is 22.3. The molecule has 0 saturated heterocycles. The summed E-state index contributed by atoms with van der Waals surface area (Å²) in [4.78, 5) is 12.8. The summed E-state index contributed by atoms with van der Waals surface area (Å²) in [5.74, 6) is -0.181. The number of hydrogen-bond donors (Lipinski definition) is 2. The van der Waals surface area contributed by atoms with E-state index in [-0.39, 0.29) is 12.5 Å². The molecule has 2 rings (SSSR count). The number of aliphatic hydroxyl groups excluding tert-OH is 1. The monoisotopic (exact) mass is 263 g/mol. The average Bonchev–Trinajstić information content (AvgIpc) is 2.29. The molecule has 0 atom stereocenters. The van der Waals surface area contributed by atoms with E-state index < -0.39 is 5.97 Å². The van der Waals surface area contributed by atoms with Crippen molar-refractivity contribution in [3.8, 4) is 0 Å². The largest absolute Gasteiger partial charge is 0.481 e. The minimum Gasteiger partial charge on any atom is -0.481 e. The lowest BCUT2D eigenvalue weighted by atomic mass is 9.82. The van der Waals surface area contributed by atoms with Gasteiger partial charge >= 0.3 is 5.97 Å². The van der Waals surface area contributed by atoms with Gasteiger partial charge < -0.3 is 15.1 Å². The molecule has 0 bridgehead atoms. The quantitative estimate of drug-likeness (QED) is 0.817. The first-order valence-electron chi connectivity index (χ1n) is 6.69. The molecule has 4 heteroatoms. The van der Waals surface area contributed by atoms with Gasteiger partial charge in [0.05, 0.1) is 12.5 Å². The summed E-state index contributed by atoms with van der Waals surface area (Å²) in [7, 11) is 2.08. The predicted molar refractivity (Wildman–Crippen MR) is 72.8 cm³/mol. The smallest absolute Gasteiger partial charge is 0.307 e. The molecule has 4 nitrogen and oxygen atoms in total. The minimum absolute atomic E-state index is 0.0794. The van der Waals surface area contributed by atoms with E-state index in [0.717, 1.165) is 31.5 Å². The van der Waals surface area contributed by atoms with Crippen LogP contribution in [0, 0.1) is 5.92 Å². The van der Waals surface area contributed by atoms with Crippen LogP contribution in [0.15, 0.2) is 24.3 Å². The van der Waals surface area contributed by atoms with Crippen molar-refractivity contribution < 1.29 is 15.0 Å². The first-order chi connectivity index (χ1) is 9.02. The molecule has 1 aromatic carbocycles. The molecule has 0 spiro atoms. The molecule has 1 aliphatic carbocycles. The Kier molecular flexibility index (Phi) is 4.56. The van der Waals surface area contributed by atoms with Gasteiger partial charge in [0.25, 0.3) is 0 Å². The third kappa shape index (κ3) is 4.33. The number of carbonyl (C=O) groups is 1. The second-order valence-electron chi connectivity index (χ2n) is 5.58. The van der Waals surface area contributed by atoms with Gasteiger partial charge in [0, 0.05) is 13.1 Å². The van der Waals surface area contributed by atoms with E-state index in [0.29, 0.717) is 5.92 Å². The van der Waals surface area contributed by atoms with Crippen molar-refractivity contribution in [1.29, 1.82) is 0 Å². The van der Waals surface area contributed by atoms with Gasteiger partial charge in [-0.15, -0.1) is 0 Å². The molecule has 0 unspecified atom stereocenters. The highest BCUT2D eigenvalue weighted by molar-refractivity contribution is 5.70. The van der Waals surface area contributed by atoms with E-state index in [4.69, 9.17) is 5.11 Å². The van der Waals surface area contributed by atoms with Crippen molar-refractivity contribution in [2.45, 2.75) is 31.9 Å².